The van der Waals surface area contributed by atoms with Gasteiger partial charge in [0.2, 0.25) is 0 Å². The van der Waals surface area contributed by atoms with Gasteiger partial charge in [0.25, 0.3) is 0 Å². The molecule has 2 amide bonds. The van der Waals surface area contributed by atoms with Crippen LogP contribution in [0.4, 0.5) is 4.79 Å². The van der Waals surface area contributed by atoms with Gasteiger partial charge in [0, 0.05) is 18.7 Å². The molecule has 0 unspecified atom stereocenters. The van der Waals surface area contributed by atoms with Crippen LogP contribution in [0.5, 0.6) is 0 Å². The summed E-state index contributed by atoms with van der Waals surface area (Å²) in [6.45, 7) is 3.61. The molecule has 2 heterocycles. The fraction of sp³-hybridized carbons (Fsp3) is 0.263. The number of amides is 2. The van der Waals surface area contributed by atoms with E-state index in [4.69, 9.17) is 9.52 Å². The third kappa shape index (κ3) is 3.91. The van der Waals surface area contributed by atoms with E-state index in [1.165, 1.54) is 17.7 Å². The molecule has 1 aromatic heterocycles. The van der Waals surface area contributed by atoms with Crippen LogP contribution >= 0.6 is 0 Å². The monoisotopic (exact) mass is 340 g/mol. The molecule has 0 atom stereocenters. The van der Waals surface area contributed by atoms with Gasteiger partial charge in [0.05, 0.1) is 18.4 Å². The van der Waals surface area contributed by atoms with Gasteiger partial charge < -0.3 is 19.7 Å². The number of nitrogens with one attached hydrogen (secondary N) is 1. The lowest BCUT2D eigenvalue weighted by molar-refractivity contribution is 0.0697. The van der Waals surface area contributed by atoms with Gasteiger partial charge in [-0.15, -0.1) is 0 Å². The minimum absolute atomic E-state index is 0.140. The first kappa shape index (κ1) is 16.8. The van der Waals surface area contributed by atoms with Crippen LogP contribution in [-0.4, -0.2) is 35.1 Å². The van der Waals surface area contributed by atoms with Crippen molar-refractivity contribution in [2.75, 3.05) is 13.1 Å². The van der Waals surface area contributed by atoms with Crippen molar-refractivity contribution < 1.29 is 19.1 Å². The quantitative estimate of drug-likeness (QED) is 0.894. The third-order valence-corrected chi connectivity index (χ3v) is 4.37. The molecule has 0 saturated heterocycles. The number of carbonyl (C=O) groups excluding carboxylic acids is 1. The summed E-state index contributed by atoms with van der Waals surface area (Å²) < 4.78 is 5.47. The van der Waals surface area contributed by atoms with Crippen LogP contribution in [0.25, 0.3) is 5.57 Å². The van der Waals surface area contributed by atoms with Crippen LogP contribution in [-0.2, 0) is 6.54 Å². The number of carbonyl (C=O) groups is 2. The van der Waals surface area contributed by atoms with Crippen LogP contribution in [0, 0.1) is 0 Å². The molecular formula is C19H20N2O4. The third-order valence-electron chi connectivity index (χ3n) is 4.37. The number of nitrogens with zero attached hydrogens (tertiary/aromatic N) is 1. The Balaban J connectivity index is 1.59. The van der Waals surface area contributed by atoms with Gasteiger partial charge in [0.1, 0.15) is 5.76 Å². The second kappa shape index (κ2) is 7.25. The molecule has 0 bridgehead atoms. The van der Waals surface area contributed by atoms with Crippen molar-refractivity contribution in [1.29, 1.82) is 0 Å². The van der Waals surface area contributed by atoms with E-state index in [-0.39, 0.29) is 11.6 Å². The van der Waals surface area contributed by atoms with E-state index >= 15 is 0 Å². The summed E-state index contributed by atoms with van der Waals surface area (Å²) in [7, 11) is 0. The topological polar surface area (TPSA) is 82.8 Å². The molecule has 25 heavy (non-hydrogen) atoms. The van der Waals surface area contributed by atoms with E-state index in [9.17, 15) is 9.59 Å². The maximum atomic E-state index is 12.4. The molecule has 1 aliphatic heterocycles. The number of furan rings is 1. The lowest BCUT2D eigenvalue weighted by Gasteiger charge is -2.29. The Kier molecular flexibility index (Phi) is 4.88. The van der Waals surface area contributed by atoms with Crippen molar-refractivity contribution in [3.8, 4) is 0 Å². The average Bonchev–Trinajstić information content (AvgIpc) is 3.15. The largest absolute Gasteiger partial charge is 0.478 e. The van der Waals surface area contributed by atoms with Gasteiger partial charge in [-0.05, 0) is 43.2 Å². The Labute approximate surface area is 145 Å². The summed E-state index contributed by atoms with van der Waals surface area (Å²) >= 11 is 0. The molecule has 0 aliphatic carbocycles. The zero-order valence-corrected chi connectivity index (χ0v) is 14.0. The van der Waals surface area contributed by atoms with Crippen LogP contribution in [0.3, 0.4) is 0 Å². The predicted octanol–water partition coefficient (Wildman–Crippen LogP) is 3.37. The smallest absolute Gasteiger partial charge is 0.335 e. The van der Waals surface area contributed by atoms with Crippen LogP contribution in [0.2, 0.25) is 0 Å². The summed E-state index contributed by atoms with van der Waals surface area (Å²) in [6.07, 6.45) is 2.45. The lowest BCUT2D eigenvalue weighted by atomic mass is 10.00. The zero-order chi connectivity index (χ0) is 17.8. The van der Waals surface area contributed by atoms with E-state index in [2.05, 4.69) is 12.2 Å². The molecule has 0 spiro atoms. The van der Waals surface area contributed by atoms with Gasteiger partial charge >= 0.3 is 12.0 Å². The second-order valence-corrected chi connectivity index (χ2v) is 6.07. The van der Waals surface area contributed by atoms with E-state index in [0.717, 1.165) is 23.3 Å². The van der Waals surface area contributed by atoms with Gasteiger partial charge in [-0.3, -0.25) is 0 Å². The Morgan fingerprint density at radius 3 is 2.64 bits per heavy atom. The Morgan fingerprint density at radius 1 is 1.24 bits per heavy atom. The highest BCUT2D eigenvalue weighted by Crippen LogP contribution is 2.26. The molecule has 1 aliphatic rings. The molecule has 2 aromatic rings. The van der Waals surface area contributed by atoms with E-state index in [1.807, 2.05) is 12.1 Å². The molecule has 130 valence electrons. The minimum atomic E-state index is -0.962. The van der Waals surface area contributed by atoms with Crippen LogP contribution in [0.15, 0.2) is 52.7 Å². The molecule has 0 saturated carbocycles. The van der Waals surface area contributed by atoms with Crippen molar-refractivity contribution in [3.05, 3.63) is 65.1 Å². The zero-order valence-electron chi connectivity index (χ0n) is 14.0. The first-order chi connectivity index (χ1) is 12.0. The fourth-order valence-electron chi connectivity index (χ4n) is 2.82. The van der Waals surface area contributed by atoms with Crippen molar-refractivity contribution in [1.82, 2.24) is 10.2 Å². The molecule has 6 nitrogen and oxygen atoms in total. The predicted molar refractivity (Wildman–Crippen MR) is 93.1 cm³/mol. The van der Waals surface area contributed by atoms with Crippen LogP contribution in [0.1, 0.15) is 35.0 Å². The van der Waals surface area contributed by atoms with Gasteiger partial charge in [0.15, 0.2) is 0 Å². The summed E-state index contributed by atoms with van der Waals surface area (Å²) in [6, 6.07) is 10.1. The molecule has 6 heteroatoms. The summed E-state index contributed by atoms with van der Waals surface area (Å²) in [5.74, 6) is -0.157. The van der Waals surface area contributed by atoms with Crippen LogP contribution < -0.4 is 5.32 Å². The number of hydrogen-bond acceptors (Lipinski definition) is 3. The molecule has 1 aromatic carbocycles. The number of aromatic carboxylic acids is 1. The highest BCUT2D eigenvalue weighted by molar-refractivity contribution is 5.87. The van der Waals surface area contributed by atoms with E-state index < -0.39 is 5.97 Å². The van der Waals surface area contributed by atoms with Gasteiger partial charge in [-0.2, -0.15) is 0 Å². The summed E-state index contributed by atoms with van der Waals surface area (Å²) in [4.78, 5) is 25.0. The SMILES string of the molecule is CC1=C(c2ccco2)CN(C(=O)NCc2ccc(C(=O)O)cc2)CC1. The van der Waals surface area contributed by atoms with Crippen molar-refractivity contribution in [2.45, 2.75) is 19.9 Å². The first-order valence-electron chi connectivity index (χ1n) is 8.12. The molecule has 0 radical (unpaired) electrons. The number of carboxylic acid groups (broad SMARTS) is 1. The average molecular weight is 340 g/mol. The molecule has 3 rings (SSSR count). The van der Waals surface area contributed by atoms with Crippen molar-refractivity contribution in [3.63, 3.8) is 0 Å². The Bertz CT molecular complexity index is 791. The number of urea groups is 1. The first-order valence-corrected chi connectivity index (χ1v) is 8.12. The molecular weight excluding hydrogens is 320 g/mol. The number of hydrogen-bond donors (Lipinski definition) is 2. The van der Waals surface area contributed by atoms with Crippen molar-refractivity contribution >= 4 is 17.6 Å². The number of benzene rings is 1. The summed E-state index contributed by atoms with van der Waals surface area (Å²) in [5, 5.41) is 11.8. The highest BCUT2D eigenvalue weighted by atomic mass is 16.4. The maximum absolute atomic E-state index is 12.4. The molecule has 2 N–H and O–H groups in total. The van der Waals surface area contributed by atoms with Crippen molar-refractivity contribution in [2.24, 2.45) is 0 Å². The second-order valence-electron chi connectivity index (χ2n) is 6.07. The fourth-order valence-corrected chi connectivity index (χ4v) is 2.82. The minimum Gasteiger partial charge on any atom is -0.478 e. The van der Waals surface area contributed by atoms with Gasteiger partial charge in [-0.25, -0.2) is 9.59 Å². The number of carboxylic acids is 1. The highest BCUT2D eigenvalue weighted by Gasteiger charge is 2.23. The lowest BCUT2D eigenvalue weighted by Crippen LogP contribution is -2.42. The summed E-state index contributed by atoms with van der Waals surface area (Å²) in [5.41, 5.74) is 3.38. The van der Waals surface area contributed by atoms with E-state index in [1.54, 1.807) is 23.3 Å². The van der Waals surface area contributed by atoms with E-state index in [0.29, 0.717) is 19.6 Å². The maximum Gasteiger partial charge on any atom is 0.335 e. The molecule has 0 fully saturated rings. The standard InChI is InChI=1S/C19H20N2O4/c1-13-8-9-21(12-16(13)17-3-2-10-25-17)19(24)20-11-14-4-6-15(7-5-14)18(22)23/h2-7,10H,8-9,11-12H2,1H3,(H,20,24)(H,22,23). The Hall–Kier alpha value is -3.02. The normalized spacial score (nSPS) is 14.5. The Morgan fingerprint density at radius 2 is 2.00 bits per heavy atom. The van der Waals surface area contributed by atoms with Gasteiger partial charge in [-0.1, -0.05) is 17.7 Å². The number of rotatable bonds is 4.